The van der Waals surface area contributed by atoms with Gasteiger partial charge < -0.3 is 4.90 Å². The lowest BCUT2D eigenvalue weighted by atomic mass is 10.1. The monoisotopic (exact) mass is 927 g/mol. The molecule has 2 aliphatic rings. The number of benzene rings is 10. The molecule has 7 heteroatoms. The average Bonchev–Trinajstić information content (AvgIpc) is 3.45. The molecule has 10 aromatic carbocycles. The third kappa shape index (κ3) is 6.40. The van der Waals surface area contributed by atoms with Gasteiger partial charge in [-0.05, 0) is 77.9 Å². The summed E-state index contributed by atoms with van der Waals surface area (Å²) in [7, 11) is -5.65. The first-order chi connectivity index (χ1) is 34.7. The Kier molecular flexibility index (Phi) is 10.1. The molecule has 5 nitrogen and oxygen atoms in total. The van der Waals surface area contributed by atoms with Gasteiger partial charge in [0, 0.05) is 39.6 Å². The van der Waals surface area contributed by atoms with Crippen LogP contribution in [-0.4, -0.2) is 31.1 Å². The van der Waals surface area contributed by atoms with E-state index in [1.54, 1.807) is 0 Å². The van der Waals surface area contributed by atoms with Gasteiger partial charge in [0.15, 0.2) is 27.8 Å². The van der Waals surface area contributed by atoms with Gasteiger partial charge in [-0.15, -0.1) is 0 Å². The SMILES string of the molecule is c1ccc(-c2nc(-c3cccc(N4c5ccccc5[Si](c5ccccc5)(c5ccccc5)c5ccccc54)c3)nc(N3c4ccccc4[Si](c4ccccc4)(c4ccccc4)c4ccccc43)n2)cc1. The van der Waals surface area contributed by atoms with Gasteiger partial charge in [-0.25, -0.2) is 4.98 Å². The number of hydrogen-bond donors (Lipinski definition) is 0. The Labute approximate surface area is 410 Å². The van der Waals surface area contributed by atoms with E-state index in [0.29, 0.717) is 17.6 Å². The van der Waals surface area contributed by atoms with E-state index in [0.717, 1.165) is 28.2 Å². The van der Waals surface area contributed by atoms with E-state index in [1.165, 1.54) is 52.9 Å². The van der Waals surface area contributed by atoms with Gasteiger partial charge in [-0.1, -0.05) is 237 Å². The van der Waals surface area contributed by atoms with Crippen molar-refractivity contribution in [1.29, 1.82) is 0 Å². The fourth-order valence-electron chi connectivity index (χ4n) is 11.4. The Balaban J connectivity index is 1.02. The second-order valence-electron chi connectivity index (χ2n) is 17.9. The molecule has 70 heavy (non-hydrogen) atoms. The number of anilines is 6. The number of fused-ring (bicyclic) bond motifs is 4. The van der Waals surface area contributed by atoms with E-state index >= 15 is 0 Å². The Morgan fingerprint density at radius 3 is 0.971 bits per heavy atom. The van der Waals surface area contributed by atoms with Gasteiger partial charge in [0.1, 0.15) is 0 Å². The summed E-state index contributed by atoms with van der Waals surface area (Å²) < 4.78 is 0. The minimum absolute atomic E-state index is 0.563. The maximum atomic E-state index is 5.53. The van der Waals surface area contributed by atoms with Gasteiger partial charge in [0.05, 0.1) is 0 Å². The number of para-hydroxylation sites is 4. The highest BCUT2D eigenvalue weighted by Gasteiger charge is 2.50. The molecule has 0 fully saturated rings. The molecule has 1 aromatic heterocycles. The van der Waals surface area contributed by atoms with E-state index in [9.17, 15) is 0 Å². The van der Waals surface area contributed by atoms with Crippen LogP contribution in [0.25, 0.3) is 22.8 Å². The second kappa shape index (κ2) is 17.1. The predicted octanol–water partition coefficient (Wildman–Crippen LogP) is 9.53. The van der Waals surface area contributed by atoms with Crippen LogP contribution in [0.1, 0.15) is 0 Å². The first-order valence-electron chi connectivity index (χ1n) is 23.9. The first kappa shape index (κ1) is 41.4. The molecule has 11 aromatic rings. The lowest BCUT2D eigenvalue weighted by Gasteiger charge is -2.45. The zero-order valence-electron chi connectivity index (χ0n) is 38.2. The van der Waals surface area contributed by atoms with E-state index < -0.39 is 16.1 Å². The van der Waals surface area contributed by atoms with Crippen molar-refractivity contribution < 1.29 is 0 Å². The predicted molar refractivity (Wildman–Crippen MR) is 294 cm³/mol. The molecule has 2 aliphatic heterocycles. The van der Waals surface area contributed by atoms with Crippen molar-refractivity contribution in [2.75, 3.05) is 9.80 Å². The van der Waals surface area contributed by atoms with Crippen LogP contribution in [0.3, 0.4) is 0 Å². The van der Waals surface area contributed by atoms with Crippen molar-refractivity contribution >= 4 is 92.0 Å². The normalized spacial score (nSPS) is 13.9. The molecule has 0 unspecified atom stereocenters. The maximum Gasteiger partial charge on any atom is 0.238 e. The molecule has 0 aliphatic carbocycles. The fourth-order valence-corrected chi connectivity index (χ4v) is 21.6. The Morgan fingerprint density at radius 1 is 0.257 bits per heavy atom. The molecule has 3 heterocycles. The largest absolute Gasteiger partial charge is 0.311 e. The zero-order valence-corrected chi connectivity index (χ0v) is 40.2. The zero-order chi connectivity index (χ0) is 46.5. The third-order valence-corrected chi connectivity index (χ3v) is 24.0. The highest BCUT2D eigenvalue weighted by atomic mass is 28.3. The van der Waals surface area contributed by atoms with Crippen molar-refractivity contribution in [3.05, 3.63) is 273 Å². The summed E-state index contributed by atoms with van der Waals surface area (Å²) in [6.07, 6.45) is 0. The van der Waals surface area contributed by atoms with Crippen LogP contribution in [0.4, 0.5) is 34.4 Å². The summed E-state index contributed by atoms with van der Waals surface area (Å²) in [4.78, 5) is 21.0. The number of aromatic nitrogens is 3. The lowest BCUT2D eigenvalue weighted by molar-refractivity contribution is 1.02. The summed E-state index contributed by atoms with van der Waals surface area (Å²) in [6.45, 7) is 0. The van der Waals surface area contributed by atoms with Crippen LogP contribution in [0.5, 0.6) is 0 Å². The molecule has 13 rings (SSSR count). The first-order valence-corrected chi connectivity index (χ1v) is 27.9. The van der Waals surface area contributed by atoms with Crippen LogP contribution in [0, 0.1) is 0 Å². The Morgan fingerprint density at radius 2 is 0.571 bits per heavy atom. The molecule has 330 valence electrons. The van der Waals surface area contributed by atoms with E-state index in [4.69, 9.17) is 15.0 Å². The van der Waals surface area contributed by atoms with Crippen LogP contribution in [0.2, 0.25) is 0 Å². The Hall–Kier alpha value is -8.76. The number of rotatable bonds is 8. The van der Waals surface area contributed by atoms with Crippen molar-refractivity contribution in [3.63, 3.8) is 0 Å². The molecule has 0 saturated heterocycles. The quantitative estimate of drug-likeness (QED) is 0.142. The highest BCUT2D eigenvalue weighted by Crippen LogP contribution is 2.41. The van der Waals surface area contributed by atoms with Crippen molar-refractivity contribution in [2.24, 2.45) is 0 Å². The molecule has 0 bridgehead atoms. The molecule has 0 spiro atoms. The maximum absolute atomic E-state index is 5.53. The summed E-state index contributed by atoms with van der Waals surface area (Å²) in [5.41, 5.74) is 7.31. The molecule has 0 N–H and O–H groups in total. The average molecular weight is 928 g/mol. The van der Waals surface area contributed by atoms with Gasteiger partial charge in [0.2, 0.25) is 5.95 Å². The summed E-state index contributed by atoms with van der Waals surface area (Å²) in [6, 6.07) is 99.4. The van der Waals surface area contributed by atoms with Gasteiger partial charge in [-0.2, -0.15) is 9.97 Å². The van der Waals surface area contributed by atoms with Crippen LogP contribution in [0.15, 0.2) is 273 Å². The molecule has 0 radical (unpaired) electrons. The smallest absolute Gasteiger partial charge is 0.238 e. The Bertz CT molecular complexity index is 3510. The van der Waals surface area contributed by atoms with Gasteiger partial charge in [-0.3, -0.25) is 4.90 Å². The molecular weight excluding hydrogens is 883 g/mol. The van der Waals surface area contributed by atoms with E-state index in [-0.39, 0.29) is 0 Å². The standard InChI is InChI=1S/C63H45N5Si2/c1-6-25-46(26-7-1)61-64-62(66-63(65-61)68-55-39-18-22-43-59(55)70(51-33-12-4-13-34-51,52-35-14-5-15-36-52)60-44-23-19-40-56(60)68)47-27-24-28-48(45-47)67-53-37-16-20-41-57(53)69(49-29-8-2-9-30-49,50-31-10-3-11-32-50)58-42-21-17-38-54(58)67/h1-45H. The molecule has 0 saturated carbocycles. The number of hydrogen-bond acceptors (Lipinski definition) is 5. The summed E-state index contributed by atoms with van der Waals surface area (Å²) in [5, 5.41) is 10.6. The minimum atomic E-state index is -2.86. The van der Waals surface area contributed by atoms with Crippen LogP contribution in [-0.2, 0) is 0 Å². The summed E-state index contributed by atoms with van der Waals surface area (Å²) in [5.74, 6) is 1.76. The van der Waals surface area contributed by atoms with Crippen LogP contribution >= 0.6 is 0 Å². The topological polar surface area (TPSA) is 45.2 Å². The van der Waals surface area contributed by atoms with Gasteiger partial charge >= 0.3 is 0 Å². The lowest BCUT2D eigenvalue weighted by Crippen LogP contribution is -2.77. The summed E-state index contributed by atoms with van der Waals surface area (Å²) >= 11 is 0. The molecule has 0 amide bonds. The third-order valence-electron chi connectivity index (χ3n) is 14.2. The van der Waals surface area contributed by atoms with Crippen LogP contribution < -0.4 is 51.3 Å². The van der Waals surface area contributed by atoms with E-state index in [2.05, 4.69) is 265 Å². The molecule has 0 atom stereocenters. The van der Waals surface area contributed by atoms with Gasteiger partial charge in [0.25, 0.3) is 0 Å². The number of nitrogens with zero attached hydrogens (tertiary/aromatic N) is 5. The van der Waals surface area contributed by atoms with Crippen molar-refractivity contribution in [3.8, 4) is 22.8 Å². The highest BCUT2D eigenvalue weighted by molar-refractivity contribution is 7.22. The minimum Gasteiger partial charge on any atom is -0.311 e. The molecular formula is C63H45N5Si2. The van der Waals surface area contributed by atoms with Crippen molar-refractivity contribution in [2.45, 2.75) is 0 Å². The van der Waals surface area contributed by atoms with E-state index in [1.807, 2.05) is 18.2 Å². The van der Waals surface area contributed by atoms with Crippen molar-refractivity contribution in [1.82, 2.24) is 15.0 Å². The second-order valence-corrected chi connectivity index (χ2v) is 25.4. The fraction of sp³-hybridized carbons (Fsp3) is 0.